The highest BCUT2D eigenvalue weighted by atomic mass is 16.6. The number of H-pyrrole nitrogens is 1. The molecule has 29 heavy (non-hydrogen) atoms. The molecule has 0 aliphatic heterocycles. The molecule has 0 radical (unpaired) electrons. The average molecular weight is 405 g/mol. The molecule has 6 nitrogen and oxygen atoms in total. The largest absolute Gasteiger partial charge is 0.444 e. The van der Waals surface area contributed by atoms with Crippen molar-refractivity contribution in [3.05, 3.63) is 22.3 Å². The van der Waals surface area contributed by atoms with Crippen molar-refractivity contribution in [1.82, 2.24) is 15.6 Å². The Morgan fingerprint density at radius 2 is 2.07 bits per heavy atom. The second-order valence-corrected chi connectivity index (χ2v) is 8.31. The highest BCUT2D eigenvalue weighted by molar-refractivity contribution is 5.67. The first-order valence-corrected chi connectivity index (χ1v) is 10.8. The predicted molar refractivity (Wildman–Crippen MR) is 122 cm³/mol. The van der Waals surface area contributed by atoms with Gasteiger partial charge in [0.15, 0.2) is 0 Å². The highest BCUT2D eigenvalue weighted by Gasteiger charge is 2.16. The molecular formula is C23H40N4O2. The molecule has 1 unspecified atom stereocenters. The number of rotatable bonds is 10. The van der Waals surface area contributed by atoms with Crippen molar-refractivity contribution in [2.24, 2.45) is 4.99 Å². The van der Waals surface area contributed by atoms with E-state index in [0.717, 1.165) is 48.5 Å². The van der Waals surface area contributed by atoms with E-state index in [2.05, 4.69) is 47.5 Å². The number of nitrogens with one attached hydrogen (secondary N) is 3. The molecule has 0 aliphatic rings. The molecule has 1 aromatic heterocycles. The third-order valence-electron chi connectivity index (χ3n) is 4.47. The molecule has 1 aromatic rings. The van der Waals surface area contributed by atoms with Gasteiger partial charge in [0.2, 0.25) is 0 Å². The van der Waals surface area contributed by atoms with E-state index in [4.69, 9.17) is 4.74 Å². The number of unbranched alkanes of at least 4 members (excludes halogenated alkanes) is 1. The molecule has 1 rings (SSSR count). The van der Waals surface area contributed by atoms with Crippen LogP contribution in [0, 0.1) is 6.92 Å². The minimum Gasteiger partial charge on any atom is -0.444 e. The van der Waals surface area contributed by atoms with Gasteiger partial charge in [-0.2, -0.15) is 0 Å². The lowest BCUT2D eigenvalue weighted by atomic mass is 10.1. The van der Waals surface area contributed by atoms with Gasteiger partial charge < -0.3 is 20.4 Å². The van der Waals surface area contributed by atoms with E-state index in [0.29, 0.717) is 6.54 Å². The number of ether oxygens (including phenoxy) is 1. The fourth-order valence-electron chi connectivity index (χ4n) is 3.03. The van der Waals surface area contributed by atoms with Crippen LogP contribution in [0.1, 0.15) is 79.2 Å². The topological polar surface area (TPSA) is 78.5 Å². The number of carbonyl (C=O) groups is 1. The van der Waals surface area contributed by atoms with E-state index in [1.165, 1.54) is 5.56 Å². The molecule has 0 saturated heterocycles. The molecule has 0 fully saturated rings. The van der Waals surface area contributed by atoms with Gasteiger partial charge in [-0.1, -0.05) is 26.3 Å². The summed E-state index contributed by atoms with van der Waals surface area (Å²) in [7, 11) is 0. The summed E-state index contributed by atoms with van der Waals surface area (Å²) in [5.41, 5.74) is 0.711. The number of alkyl carbamates (subject to hydrolysis) is 1. The monoisotopic (exact) mass is 404 g/mol. The number of aliphatic imine (C=N–C) groups is 1. The van der Waals surface area contributed by atoms with Crippen LogP contribution in [0.2, 0.25) is 0 Å². The van der Waals surface area contributed by atoms with E-state index in [-0.39, 0.29) is 12.1 Å². The van der Waals surface area contributed by atoms with Gasteiger partial charge in [-0.15, -0.1) is 0 Å². The number of carbonyl (C=O) groups excluding carboxylic acids is 1. The summed E-state index contributed by atoms with van der Waals surface area (Å²) >= 11 is 0. The van der Waals surface area contributed by atoms with Gasteiger partial charge in [-0.3, -0.25) is 0 Å². The highest BCUT2D eigenvalue weighted by Crippen LogP contribution is 2.08. The van der Waals surface area contributed by atoms with Gasteiger partial charge in [-0.05, 0) is 65.9 Å². The average Bonchev–Trinajstić information content (AvgIpc) is 3.00. The maximum Gasteiger partial charge on any atom is 0.407 e. The standard InChI is InChI=1S/C23H40N4O2/c1-8-11-14-19-20(17(4)16-26-19)21(24-10-3)27-18(9-2)13-12-15-25-22(28)29-23(5,6)7/h10,14,16,18,26-27H,8-9,11-13,15H2,1-7H3,(H,25,28)/b19-14-,21-20+,24-10?. The number of aryl methyl sites for hydroxylation is 1. The van der Waals surface area contributed by atoms with Gasteiger partial charge in [-0.25, -0.2) is 9.79 Å². The molecule has 6 heteroatoms. The number of aromatic amines is 1. The maximum absolute atomic E-state index is 11.8. The third-order valence-corrected chi connectivity index (χ3v) is 4.47. The minimum atomic E-state index is -0.472. The van der Waals surface area contributed by atoms with E-state index >= 15 is 0 Å². The Balaban J connectivity index is 2.83. The lowest BCUT2D eigenvalue weighted by Gasteiger charge is -2.21. The zero-order chi connectivity index (χ0) is 21.9. The summed E-state index contributed by atoms with van der Waals surface area (Å²) in [6, 6.07) is 0.280. The first-order valence-electron chi connectivity index (χ1n) is 10.8. The molecule has 0 aromatic carbocycles. The summed E-state index contributed by atoms with van der Waals surface area (Å²) in [6.45, 7) is 14.6. The Morgan fingerprint density at radius 1 is 1.34 bits per heavy atom. The fraction of sp³-hybridized carbons (Fsp3) is 0.652. The van der Waals surface area contributed by atoms with Crippen LogP contribution in [-0.4, -0.2) is 35.5 Å². The quantitative estimate of drug-likeness (QED) is 0.411. The van der Waals surface area contributed by atoms with E-state index in [1.54, 1.807) is 0 Å². The number of nitrogens with zero attached hydrogens (tertiary/aromatic N) is 1. The molecule has 0 saturated carbocycles. The van der Waals surface area contributed by atoms with Crippen molar-refractivity contribution in [3.63, 3.8) is 0 Å². The summed E-state index contributed by atoms with van der Waals surface area (Å²) in [4.78, 5) is 19.8. The number of hydrogen-bond acceptors (Lipinski definition) is 4. The van der Waals surface area contributed by atoms with Crippen molar-refractivity contribution in [2.75, 3.05) is 6.54 Å². The van der Waals surface area contributed by atoms with Crippen molar-refractivity contribution in [1.29, 1.82) is 0 Å². The Bertz CT molecular complexity index is 772. The SMILES string of the molecule is CC=N/C(NC(CC)CCCNC(=O)OC(C)(C)C)=c1/c(C)c[nH]/c1=C\CCC. The molecule has 1 heterocycles. The van der Waals surface area contributed by atoms with Crippen LogP contribution in [0.5, 0.6) is 0 Å². The van der Waals surface area contributed by atoms with Crippen LogP contribution in [0.25, 0.3) is 11.9 Å². The van der Waals surface area contributed by atoms with Crippen molar-refractivity contribution in [3.8, 4) is 0 Å². The lowest BCUT2D eigenvalue weighted by Crippen LogP contribution is -2.37. The molecule has 0 bridgehead atoms. The van der Waals surface area contributed by atoms with Crippen LogP contribution < -0.4 is 21.2 Å². The molecule has 0 aliphatic carbocycles. The smallest absolute Gasteiger partial charge is 0.407 e. The third kappa shape index (κ3) is 9.20. The summed E-state index contributed by atoms with van der Waals surface area (Å²) in [6.07, 6.45) is 10.7. The first kappa shape index (κ1) is 24.8. The van der Waals surface area contributed by atoms with Crippen LogP contribution in [-0.2, 0) is 4.74 Å². The Morgan fingerprint density at radius 3 is 2.66 bits per heavy atom. The predicted octanol–water partition coefficient (Wildman–Crippen LogP) is 3.73. The van der Waals surface area contributed by atoms with Crippen LogP contribution in [0.4, 0.5) is 4.79 Å². The second kappa shape index (κ2) is 12.3. The molecule has 3 N–H and O–H groups in total. The second-order valence-electron chi connectivity index (χ2n) is 8.31. The Labute approximate surface area is 175 Å². The van der Waals surface area contributed by atoms with Gasteiger partial charge in [0.25, 0.3) is 0 Å². The van der Waals surface area contributed by atoms with E-state index in [9.17, 15) is 4.79 Å². The Kier molecular flexibility index (Phi) is 10.6. The molecule has 1 amide bonds. The Hall–Kier alpha value is -2.24. The number of hydrogen-bond donors (Lipinski definition) is 3. The summed E-state index contributed by atoms with van der Waals surface area (Å²) in [5, 5.41) is 8.72. The van der Waals surface area contributed by atoms with Gasteiger partial charge in [0.1, 0.15) is 11.4 Å². The fourth-order valence-corrected chi connectivity index (χ4v) is 3.03. The maximum atomic E-state index is 11.8. The van der Waals surface area contributed by atoms with Crippen LogP contribution in [0.15, 0.2) is 11.2 Å². The molecule has 0 spiro atoms. The van der Waals surface area contributed by atoms with E-state index in [1.807, 2.05) is 40.1 Å². The van der Waals surface area contributed by atoms with Crippen LogP contribution in [0.3, 0.4) is 0 Å². The minimum absolute atomic E-state index is 0.280. The van der Waals surface area contributed by atoms with Gasteiger partial charge in [0, 0.05) is 35.6 Å². The number of aromatic nitrogens is 1. The molecule has 164 valence electrons. The first-order chi connectivity index (χ1) is 13.7. The zero-order valence-electron chi connectivity index (χ0n) is 19.3. The van der Waals surface area contributed by atoms with Crippen molar-refractivity contribution in [2.45, 2.75) is 92.2 Å². The van der Waals surface area contributed by atoms with Gasteiger partial charge in [0.05, 0.1) is 0 Å². The zero-order valence-corrected chi connectivity index (χ0v) is 19.3. The van der Waals surface area contributed by atoms with Gasteiger partial charge >= 0.3 is 6.09 Å². The molecular weight excluding hydrogens is 364 g/mol. The van der Waals surface area contributed by atoms with Crippen molar-refractivity contribution >= 4 is 24.2 Å². The lowest BCUT2D eigenvalue weighted by molar-refractivity contribution is 0.0526. The normalized spacial score (nSPS) is 14.8. The summed E-state index contributed by atoms with van der Waals surface area (Å²) in [5.74, 6) is 0.903. The van der Waals surface area contributed by atoms with Crippen LogP contribution >= 0.6 is 0 Å². The van der Waals surface area contributed by atoms with Crippen molar-refractivity contribution < 1.29 is 9.53 Å². The molecule has 1 atom stereocenters. The summed E-state index contributed by atoms with van der Waals surface area (Å²) < 4.78 is 5.28. The van der Waals surface area contributed by atoms with E-state index < -0.39 is 5.60 Å². The number of amides is 1.